The predicted molar refractivity (Wildman–Crippen MR) is 65.0 cm³/mol. The number of nitrogen functional groups attached to an aromatic ring is 1. The van der Waals surface area contributed by atoms with E-state index >= 15 is 0 Å². The summed E-state index contributed by atoms with van der Waals surface area (Å²) < 4.78 is 0. The quantitative estimate of drug-likeness (QED) is 0.519. The van der Waals surface area contributed by atoms with E-state index in [1.165, 1.54) is 6.42 Å². The molecule has 1 aliphatic carbocycles. The number of nitrogens with two attached hydrogens (primary N) is 1. The van der Waals surface area contributed by atoms with E-state index in [4.69, 9.17) is 5.84 Å². The molecule has 0 saturated heterocycles. The van der Waals surface area contributed by atoms with Crippen LogP contribution in [0.1, 0.15) is 32.5 Å². The van der Waals surface area contributed by atoms with E-state index in [1.54, 1.807) is 0 Å². The van der Waals surface area contributed by atoms with Crippen LogP contribution in [0.4, 0.5) is 11.6 Å². The van der Waals surface area contributed by atoms with Crippen molar-refractivity contribution in [3.63, 3.8) is 0 Å². The minimum absolute atomic E-state index is 0.565. The average molecular weight is 221 g/mol. The van der Waals surface area contributed by atoms with E-state index in [9.17, 15) is 0 Å². The smallest absolute Gasteiger partial charge is 0.145 e. The fourth-order valence-corrected chi connectivity index (χ4v) is 1.69. The first-order valence-electron chi connectivity index (χ1n) is 5.84. The summed E-state index contributed by atoms with van der Waals surface area (Å²) in [5.74, 6) is 8.53. The Morgan fingerprint density at radius 2 is 2.12 bits per heavy atom. The molecule has 0 bridgehead atoms. The summed E-state index contributed by atoms with van der Waals surface area (Å²) >= 11 is 0. The molecule has 0 radical (unpaired) electrons. The standard InChI is InChI=1S/C11H19N5/c1-3-4-9-14-10(6-11(15-9)16-12)13-8-5-7(8)2/h6-8H,3-5,12H2,1-2H3,(H2,13,14,15,16). The highest BCUT2D eigenvalue weighted by Gasteiger charge is 2.32. The summed E-state index contributed by atoms with van der Waals surface area (Å²) in [6.07, 6.45) is 3.14. The number of hydrogen-bond donors (Lipinski definition) is 3. The number of rotatable bonds is 5. The molecule has 2 unspecified atom stereocenters. The van der Waals surface area contributed by atoms with E-state index in [0.29, 0.717) is 11.9 Å². The summed E-state index contributed by atoms with van der Waals surface area (Å²) in [6.45, 7) is 4.34. The maximum atomic E-state index is 5.39. The molecule has 0 aromatic carbocycles. The van der Waals surface area contributed by atoms with Gasteiger partial charge in [-0.25, -0.2) is 15.8 Å². The molecule has 1 aliphatic rings. The number of aromatic nitrogens is 2. The zero-order valence-electron chi connectivity index (χ0n) is 9.83. The molecule has 0 amide bonds. The third kappa shape index (κ3) is 2.61. The Labute approximate surface area is 95.8 Å². The van der Waals surface area contributed by atoms with Crippen molar-refractivity contribution in [3.05, 3.63) is 11.9 Å². The van der Waals surface area contributed by atoms with Crippen LogP contribution in [0, 0.1) is 5.92 Å². The van der Waals surface area contributed by atoms with Crippen molar-refractivity contribution in [2.45, 2.75) is 39.2 Å². The van der Waals surface area contributed by atoms with Gasteiger partial charge in [-0.05, 0) is 18.8 Å². The molecule has 5 nitrogen and oxygen atoms in total. The Hall–Kier alpha value is -1.36. The van der Waals surface area contributed by atoms with Crippen LogP contribution in [-0.4, -0.2) is 16.0 Å². The lowest BCUT2D eigenvalue weighted by molar-refractivity contribution is 0.831. The van der Waals surface area contributed by atoms with E-state index in [0.717, 1.165) is 30.4 Å². The van der Waals surface area contributed by atoms with Gasteiger partial charge in [0.05, 0.1) is 0 Å². The Morgan fingerprint density at radius 3 is 2.69 bits per heavy atom. The number of nitrogens with one attached hydrogen (secondary N) is 2. The minimum Gasteiger partial charge on any atom is -0.367 e. The van der Waals surface area contributed by atoms with Crippen LogP contribution in [0.3, 0.4) is 0 Å². The summed E-state index contributed by atoms with van der Waals surface area (Å²) in [6, 6.07) is 2.42. The normalized spacial score (nSPS) is 22.9. The van der Waals surface area contributed by atoms with Crippen molar-refractivity contribution in [1.82, 2.24) is 9.97 Å². The van der Waals surface area contributed by atoms with E-state index < -0.39 is 0 Å². The SMILES string of the molecule is CCCc1nc(NN)cc(NC2CC2C)n1. The van der Waals surface area contributed by atoms with Crippen molar-refractivity contribution >= 4 is 11.6 Å². The Morgan fingerprint density at radius 1 is 1.44 bits per heavy atom. The maximum absolute atomic E-state index is 5.39. The largest absolute Gasteiger partial charge is 0.367 e. The fraction of sp³-hybridized carbons (Fsp3) is 0.636. The highest BCUT2D eigenvalue weighted by atomic mass is 15.3. The molecule has 2 atom stereocenters. The van der Waals surface area contributed by atoms with Gasteiger partial charge in [-0.2, -0.15) is 0 Å². The summed E-state index contributed by atoms with van der Waals surface area (Å²) in [7, 11) is 0. The fourth-order valence-electron chi connectivity index (χ4n) is 1.69. The number of hydrogen-bond acceptors (Lipinski definition) is 5. The number of anilines is 2. The minimum atomic E-state index is 0.565. The Balaban J connectivity index is 2.12. The van der Waals surface area contributed by atoms with Gasteiger partial charge in [0.25, 0.3) is 0 Å². The molecular weight excluding hydrogens is 202 g/mol. The summed E-state index contributed by atoms with van der Waals surface area (Å²) in [5, 5.41) is 3.39. The summed E-state index contributed by atoms with van der Waals surface area (Å²) in [4.78, 5) is 8.77. The zero-order chi connectivity index (χ0) is 11.5. The van der Waals surface area contributed by atoms with Crippen LogP contribution in [0.2, 0.25) is 0 Å². The Bertz CT molecular complexity index is 365. The van der Waals surface area contributed by atoms with Crippen molar-refractivity contribution in [2.24, 2.45) is 11.8 Å². The molecule has 1 aromatic heterocycles. The number of hydrazine groups is 1. The molecular formula is C11H19N5. The molecule has 2 rings (SSSR count). The molecule has 0 spiro atoms. The molecule has 1 heterocycles. The van der Waals surface area contributed by atoms with Crippen molar-refractivity contribution in [3.8, 4) is 0 Å². The highest BCUT2D eigenvalue weighted by molar-refractivity contribution is 5.48. The second-order valence-electron chi connectivity index (χ2n) is 4.41. The number of aryl methyl sites for hydroxylation is 1. The highest BCUT2D eigenvalue weighted by Crippen LogP contribution is 2.32. The van der Waals surface area contributed by atoms with Gasteiger partial charge in [0.1, 0.15) is 17.5 Å². The van der Waals surface area contributed by atoms with Crippen molar-refractivity contribution in [1.29, 1.82) is 0 Å². The third-order valence-electron chi connectivity index (χ3n) is 2.84. The van der Waals surface area contributed by atoms with E-state index in [2.05, 4.69) is 34.6 Å². The number of nitrogens with zero attached hydrogens (tertiary/aromatic N) is 2. The van der Waals surface area contributed by atoms with Crippen LogP contribution in [0.15, 0.2) is 6.07 Å². The zero-order valence-corrected chi connectivity index (χ0v) is 9.83. The van der Waals surface area contributed by atoms with Gasteiger partial charge in [0.2, 0.25) is 0 Å². The first kappa shape index (κ1) is 11.1. The maximum Gasteiger partial charge on any atom is 0.145 e. The molecule has 1 saturated carbocycles. The van der Waals surface area contributed by atoms with Gasteiger partial charge < -0.3 is 10.7 Å². The first-order valence-corrected chi connectivity index (χ1v) is 5.84. The van der Waals surface area contributed by atoms with Gasteiger partial charge in [0, 0.05) is 18.5 Å². The lowest BCUT2D eigenvalue weighted by atomic mass is 10.3. The molecule has 1 fully saturated rings. The average Bonchev–Trinajstić information content (AvgIpc) is 2.94. The molecule has 0 aliphatic heterocycles. The van der Waals surface area contributed by atoms with Crippen LogP contribution in [0.25, 0.3) is 0 Å². The van der Waals surface area contributed by atoms with Gasteiger partial charge in [-0.1, -0.05) is 13.8 Å². The summed E-state index contributed by atoms with van der Waals surface area (Å²) in [5.41, 5.74) is 2.58. The second kappa shape index (κ2) is 4.65. The Kier molecular flexibility index (Phi) is 3.24. The second-order valence-corrected chi connectivity index (χ2v) is 4.41. The molecule has 88 valence electrons. The molecule has 5 heteroatoms. The monoisotopic (exact) mass is 221 g/mol. The van der Waals surface area contributed by atoms with E-state index in [-0.39, 0.29) is 0 Å². The first-order chi connectivity index (χ1) is 7.72. The third-order valence-corrected chi connectivity index (χ3v) is 2.84. The lowest BCUT2D eigenvalue weighted by Crippen LogP contribution is -2.13. The van der Waals surface area contributed by atoms with Crippen molar-refractivity contribution < 1.29 is 0 Å². The van der Waals surface area contributed by atoms with Crippen molar-refractivity contribution in [2.75, 3.05) is 10.7 Å². The van der Waals surface area contributed by atoms with Crippen LogP contribution in [0.5, 0.6) is 0 Å². The van der Waals surface area contributed by atoms with Gasteiger partial charge in [0.15, 0.2) is 0 Å². The molecule has 16 heavy (non-hydrogen) atoms. The molecule has 4 N–H and O–H groups in total. The van der Waals surface area contributed by atoms with Gasteiger partial charge in [-0.3, -0.25) is 0 Å². The lowest BCUT2D eigenvalue weighted by Gasteiger charge is -2.08. The predicted octanol–water partition coefficient (Wildman–Crippen LogP) is 1.53. The molecule has 1 aromatic rings. The van der Waals surface area contributed by atoms with E-state index in [1.807, 2.05) is 6.07 Å². The van der Waals surface area contributed by atoms with Crippen LogP contribution < -0.4 is 16.6 Å². The van der Waals surface area contributed by atoms with Gasteiger partial charge >= 0.3 is 0 Å². The van der Waals surface area contributed by atoms with Crippen LogP contribution in [-0.2, 0) is 6.42 Å². The topological polar surface area (TPSA) is 75.9 Å². The van der Waals surface area contributed by atoms with Crippen LogP contribution >= 0.6 is 0 Å². The van der Waals surface area contributed by atoms with Gasteiger partial charge in [-0.15, -0.1) is 0 Å².